The number of hydrogen-bond donors (Lipinski definition) is 1. The first-order valence-corrected chi connectivity index (χ1v) is 45.8. The fourth-order valence-corrected chi connectivity index (χ4v) is 14.1. The zero-order chi connectivity index (χ0) is 74.6. The smallest absolute Gasteiger partial charge is 0.361 e. The topological polar surface area (TPSA) is 108 Å². The first-order chi connectivity index (χ1) is 50.6. The van der Waals surface area contributed by atoms with E-state index in [2.05, 4.69) is 62.5 Å². The Labute approximate surface area is 642 Å². The minimum absolute atomic E-state index is 0.175. The van der Waals surface area contributed by atoms with E-state index in [0.717, 1.165) is 51.4 Å². The number of carbonyl (C=O) groups excluding carboxylic acids is 2. The molecule has 9 nitrogen and oxygen atoms in total. The van der Waals surface area contributed by atoms with Crippen LogP contribution < -0.4 is 0 Å². The molecule has 0 rings (SSSR count). The summed E-state index contributed by atoms with van der Waals surface area (Å²) in [7, 11) is 6.01. The minimum atomic E-state index is -1.51. The number of unbranched alkanes of at least 4 members (excludes halogenated alkanes) is 64. The number of ether oxygens (including phenoxy) is 4. The molecule has 0 saturated carbocycles. The van der Waals surface area contributed by atoms with Crippen molar-refractivity contribution in [3.8, 4) is 0 Å². The quantitative estimate of drug-likeness (QED) is 0.0211. The molecule has 0 spiro atoms. The number of aliphatic carboxylic acids is 1. The summed E-state index contributed by atoms with van der Waals surface area (Å²) < 4.78 is 23.1. The van der Waals surface area contributed by atoms with E-state index in [0.29, 0.717) is 17.4 Å². The normalized spacial score (nSPS) is 12.7. The second kappa shape index (κ2) is 84.9. The molecule has 0 amide bonds. The van der Waals surface area contributed by atoms with E-state index in [1.54, 1.807) is 0 Å². The number of carboxylic acid groups (broad SMARTS) is 1. The third kappa shape index (κ3) is 86.4. The highest BCUT2D eigenvalue weighted by molar-refractivity contribution is 5.71. The molecule has 0 aromatic carbocycles. The summed E-state index contributed by atoms with van der Waals surface area (Å²) in [5.41, 5.74) is 0. The number of esters is 2. The van der Waals surface area contributed by atoms with Crippen molar-refractivity contribution in [3.05, 3.63) is 48.6 Å². The fourth-order valence-electron chi connectivity index (χ4n) is 14.1. The first kappa shape index (κ1) is 100. The van der Waals surface area contributed by atoms with Gasteiger partial charge in [0.05, 0.1) is 34.4 Å². The zero-order valence-electron chi connectivity index (χ0n) is 69.8. The Balaban J connectivity index is 3.89. The van der Waals surface area contributed by atoms with Gasteiger partial charge in [0, 0.05) is 12.8 Å². The van der Waals surface area contributed by atoms with Crippen LogP contribution in [0.5, 0.6) is 0 Å². The average molecular weight is 1450 g/mol. The lowest BCUT2D eigenvalue weighted by molar-refractivity contribution is -0.870. The zero-order valence-corrected chi connectivity index (χ0v) is 69.8. The minimum Gasteiger partial charge on any atom is -0.477 e. The third-order valence-electron chi connectivity index (χ3n) is 21.1. The average Bonchev–Trinajstić information content (AvgIpc) is 0.985. The van der Waals surface area contributed by atoms with Gasteiger partial charge in [-0.25, -0.2) is 4.79 Å². The molecule has 9 heteroatoms. The van der Waals surface area contributed by atoms with Gasteiger partial charge in [-0.2, -0.15) is 0 Å². The fraction of sp³-hybridized carbons (Fsp3) is 0.883. The van der Waals surface area contributed by atoms with Crippen molar-refractivity contribution in [2.24, 2.45) is 0 Å². The molecule has 103 heavy (non-hydrogen) atoms. The molecule has 0 bridgehead atoms. The SMILES string of the molecule is CCCCCCC/C=C\C/C=C\C/C=C\CCCCCCCCCCCCCCCCCCCCCCCCCCC(=O)OC(COC(=O)CCCCCCCCCCCCCCCCCCCCCCCCCCCCC/C=C\CCCCCCCCCC)COC(OCC[N+](C)(C)C)C(=O)O. The maximum Gasteiger partial charge on any atom is 0.361 e. The lowest BCUT2D eigenvalue weighted by atomic mass is 10.0. The number of quaternary nitrogens is 1. The van der Waals surface area contributed by atoms with Crippen molar-refractivity contribution >= 4 is 17.9 Å². The van der Waals surface area contributed by atoms with E-state index >= 15 is 0 Å². The predicted molar refractivity (Wildman–Crippen MR) is 447 cm³/mol. The maximum atomic E-state index is 13.0. The standard InChI is InChI=1S/C94H177NO8/c1-6-8-10-12-14-16-18-20-22-24-26-28-30-32-34-36-38-40-42-44-46-48-50-52-54-56-58-60-62-64-66-68-70-72-74-76-78-80-82-84-91(96)101-88-90(89-102-94(93(98)99)100-87-86-95(3,4)5)103-92(97)85-83-81-79-77-75-73-71-69-67-65-63-61-59-57-55-53-51-49-47-45-43-41-39-37-35-33-31-29-27-25-23-21-19-17-15-13-11-9-7-2/h19,21,24-27,31,33,90,94H,6-18,20,22-23,28-30,32,34-89H2,1-5H3/p+1/b21-19-,26-24-,27-25-,33-31-. The summed E-state index contributed by atoms with van der Waals surface area (Å²) in [5, 5.41) is 9.80. The van der Waals surface area contributed by atoms with Gasteiger partial charge in [-0.05, 0) is 77.0 Å². The predicted octanol–water partition coefficient (Wildman–Crippen LogP) is 29.9. The van der Waals surface area contributed by atoms with Gasteiger partial charge in [-0.3, -0.25) is 9.59 Å². The first-order valence-electron chi connectivity index (χ1n) is 45.8. The Morgan fingerprint density at radius 3 is 0.786 bits per heavy atom. The molecule has 2 atom stereocenters. The number of allylic oxidation sites excluding steroid dienone is 8. The van der Waals surface area contributed by atoms with E-state index in [1.807, 2.05) is 21.1 Å². The van der Waals surface area contributed by atoms with Crippen molar-refractivity contribution in [1.82, 2.24) is 0 Å². The van der Waals surface area contributed by atoms with Crippen LogP contribution in [0, 0.1) is 0 Å². The summed E-state index contributed by atoms with van der Waals surface area (Å²) in [4.78, 5) is 37.8. The molecule has 2 unspecified atom stereocenters. The summed E-state index contributed by atoms with van der Waals surface area (Å²) in [5.74, 6) is -1.97. The van der Waals surface area contributed by atoms with Crippen LogP contribution in [0.4, 0.5) is 0 Å². The molecular formula is C94H178NO8+. The molecule has 0 fully saturated rings. The van der Waals surface area contributed by atoms with Crippen molar-refractivity contribution in [3.63, 3.8) is 0 Å². The highest BCUT2D eigenvalue weighted by atomic mass is 16.7. The molecule has 0 aliphatic rings. The van der Waals surface area contributed by atoms with Crippen LogP contribution in [-0.2, 0) is 33.3 Å². The highest BCUT2D eigenvalue weighted by Gasteiger charge is 2.25. The van der Waals surface area contributed by atoms with Crippen LogP contribution >= 0.6 is 0 Å². The molecule has 0 aliphatic carbocycles. The van der Waals surface area contributed by atoms with E-state index < -0.39 is 18.4 Å². The Morgan fingerprint density at radius 2 is 0.524 bits per heavy atom. The molecule has 1 N–H and O–H groups in total. The van der Waals surface area contributed by atoms with Gasteiger partial charge in [0.1, 0.15) is 13.2 Å². The van der Waals surface area contributed by atoms with Crippen LogP contribution in [0.1, 0.15) is 476 Å². The van der Waals surface area contributed by atoms with Gasteiger partial charge in [-0.1, -0.05) is 435 Å². The summed E-state index contributed by atoms with van der Waals surface area (Å²) in [6, 6.07) is 0. The van der Waals surface area contributed by atoms with Gasteiger partial charge in [0.2, 0.25) is 0 Å². The number of nitrogens with zero attached hydrogens (tertiary/aromatic N) is 1. The molecule has 0 radical (unpaired) electrons. The number of rotatable bonds is 87. The van der Waals surface area contributed by atoms with E-state index in [9.17, 15) is 19.5 Å². The molecule has 0 heterocycles. The lowest BCUT2D eigenvalue weighted by Crippen LogP contribution is -2.40. The Kier molecular flexibility index (Phi) is 82.6. The van der Waals surface area contributed by atoms with E-state index in [4.69, 9.17) is 18.9 Å². The molecule has 0 aliphatic heterocycles. The number of hydrogen-bond acceptors (Lipinski definition) is 7. The van der Waals surface area contributed by atoms with Gasteiger partial charge >= 0.3 is 17.9 Å². The van der Waals surface area contributed by atoms with Crippen molar-refractivity contribution in [2.45, 2.75) is 489 Å². The molecule has 0 saturated heterocycles. The monoisotopic (exact) mass is 1450 g/mol. The van der Waals surface area contributed by atoms with Crippen LogP contribution in [0.3, 0.4) is 0 Å². The van der Waals surface area contributed by atoms with Crippen LogP contribution in [0.15, 0.2) is 48.6 Å². The molecular weight excluding hydrogens is 1270 g/mol. The molecule has 0 aromatic rings. The lowest BCUT2D eigenvalue weighted by Gasteiger charge is -2.25. The maximum absolute atomic E-state index is 13.0. The Bertz CT molecular complexity index is 1840. The Hall–Kier alpha value is -2.75. The molecule has 606 valence electrons. The molecule has 0 aromatic heterocycles. The second-order valence-corrected chi connectivity index (χ2v) is 32.6. The van der Waals surface area contributed by atoms with E-state index in [1.165, 1.54) is 398 Å². The van der Waals surface area contributed by atoms with Crippen LogP contribution in [-0.4, -0.2) is 87.4 Å². The van der Waals surface area contributed by atoms with Gasteiger partial charge < -0.3 is 28.5 Å². The third-order valence-corrected chi connectivity index (χ3v) is 21.1. The van der Waals surface area contributed by atoms with E-state index in [-0.39, 0.29) is 38.2 Å². The van der Waals surface area contributed by atoms with Crippen molar-refractivity contribution in [1.29, 1.82) is 0 Å². The van der Waals surface area contributed by atoms with Gasteiger partial charge in [-0.15, -0.1) is 0 Å². The van der Waals surface area contributed by atoms with Crippen molar-refractivity contribution in [2.75, 3.05) is 47.5 Å². The summed E-state index contributed by atoms with van der Waals surface area (Å²) in [6.07, 6.45) is 110. The van der Waals surface area contributed by atoms with Gasteiger partial charge in [0.25, 0.3) is 6.29 Å². The summed E-state index contributed by atoms with van der Waals surface area (Å²) in [6.45, 7) is 4.95. The Morgan fingerprint density at radius 1 is 0.291 bits per heavy atom. The van der Waals surface area contributed by atoms with Crippen LogP contribution in [0.2, 0.25) is 0 Å². The number of likely N-dealkylation sites (N-methyl/N-ethyl adjacent to an activating group) is 1. The van der Waals surface area contributed by atoms with Gasteiger partial charge in [0.15, 0.2) is 6.10 Å². The van der Waals surface area contributed by atoms with Crippen molar-refractivity contribution < 1.29 is 42.9 Å². The van der Waals surface area contributed by atoms with Crippen LogP contribution in [0.25, 0.3) is 0 Å². The highest BCUT2D eigenvalue weighted by Crippen LogP contribution is 2.21. The number of carbonyl (C=O) groups is 3. The largest absolute Gasteiger partial charge is 0.477 e. The second-order valence-electron chi connectivity index (χ2n) is 32.6. The summed E-state index contributed by atoms with van der Waals surface area (Å²) >= 11 is 0. The number of carboxylic acids is 1.